The summed E-state index contributed by atoms with van der Waals surface area (Å²) in [6.45, 7) is 0.618. The summed E-state index contributed by atoms with van der Waals surface area (Å²) in [6.07, 6.45) is 0.282. The summed E-state index contributed by atoms with van der Waals surface area (Å²) < 4.78 is 41.6. The number of carbonyl (C=O) groups excluding carboxylic acids is 1. The van der Waals surface area contributed by atoms with E-state index in [4.69, 9.17) is 23.4 Å². The third-order valence-electron chi connectivity index (χ3n) is 6.26. The number of oxazole rings is 1. The van der Waals surface area contributed by atoms with Gasteiger partial charge in [0.15, 0.2) is 17.1 Å². The first-order chi connectivity index (χ1) is 17.5. The van der Waals surface area contributed by atoms with Gasteiger partial charge >= 0.3 is 5.97 Å². The lowest BCUT2D eigenvalue weighted by Gasteiger charge is -2.35. The normalized spacial score (nSPS) is 14.9. The second-order valence-electron chi connectivity index (χ2n) is 8.35. The Morgan fingerprint density at radius 3 is 2.61 bits per heavy atom. The van der Waals surface area contributed by atoms with Crippen LogP contribution in [0.25, 0.3) is 11.1 Å². The Bertz CT molecular complexity index is 1400. The van der Waals surface area contributed by atoms with Crippen LogP contribution in [0.1, 0.15) is 16.7 Å². The molecule has 1 atom stereocenters. The van der Waals surface area contributed by atoms with Gasteiger partial charge in [-0.25, -0.2) is 9.18 Å². The fourth-order valence-electron chi connectivity index (χ4n) is 4.37. The minimum Gasteiger partial charge on any atom is -0.497 e. The van der Waals surface area contributed by atoms with Crippen LogP contribution in [0.2, 0.25) is 0 Å². The Kier molecular flexibility index (Phi) is 6.37. The number of nitrogens with zero attached hydrogens (tertiary/aromatic N) is 2. The monoisotopic (exact) mass is 492 g/mol. The van der Waals surface area contributed by atoms with Crippen molar-refractivity contribution in [3.05, 3.63) is 77.1 Å². The van der Waals surface area contributed by atoms with E-state index in [2.05, 4.69) is 4.98 Å². The van der Waals surface area contributed by atoms with Gasteiger partial charge in [-0.15, -0.1) is 0 Å². The first-order valence-corrected chi connectivity index (χ1v) is 11.4. The molecular weight excluding hydrogens is 467 g/mol. The third-order valence-corrected chi connectivity index (χ3v) is 6.26. The van der Waals surface area contributed by atoms with E-state index in [-0.39, 0.29) is 12.4 Å². The van der Waals surface area contributed by atoms with Gasteiger partial charge in [0.1, 0.15) is 29.7 Å². The molecular formula is C27H25FN2O6. The van der Waals surface area contributed by atoms with Gasteiger partial charge in [0.05, 0.1) is 21.3 Å². The van der Waals surface area contributed by atoms with Crippen molar-refractivity contribution in [1.29, 1.82) is 0 Å². The summed E-state index contributed by atoms with van der Waals surface area (Å²) in [5, 5.41) is 0. The van der Waals surface area contributed by atoms with E-state index < -0.39 is 17.8 Å². The van der Waals surface area contributed by atoms with Crippen LogP contribution in [0.15, 0.2) is 59.0 Å². The zero-order valence-electron chi connectivity index (χ0n) is 20.1. The maximum atomic E-state index is 13.7. The number of hydrogen-bond acceptors (Lipinski definition) is 8. The zero-order valence-corrected chi connectivity index (χ0v) is 20.1. The summed E-state index contributed by atoms with van der Waals surface area (Å²) in [6, 6.07) is 15.0. The number of halogens is 1. The molecule has 0 amide bonds. The van der Waals surface area contributed by atoms with Gasteiger partial charge in [0, 0.05) is 24.6 Å². The lowest BCUT2D eigenvalue weighted by molar-refractivity contribution is -0.142. The van der Waals surface area contributed by atoms with Gasteiger partial charge in [0.25, 0.3) is 6.01 Å². The highest BCUT2D eigenvalue weighted by molar-refractivity contribution is 5.82. The predicted molar refractivity (Wildman–Crippen MR) is 130 cm³/mol. The van der Waals surface area contributed by atoms with Gasteiger partial charge in [0.2, 0.25) is 0 Å². The first kappa shape index (κ1) is 23.5. The van der Waals surface area contributed by atoms with Crippen LogP contribution >= 0.6 is 0 Å². The molecule has 0 fully saturated rings. The molecule has 36 heavy (non-hydrogen) atoms. The minimum absolute atomic E-state index is 0.216. The molecule has 1 aliphatic rings. The molecule has 0 unspecified atom stereocenters. The summed E-state index contributed by atoms with van der Waals surface area (Å²) in [4.78, 5) is 19.1. The Morgan fingerprint density at radius 2 is 1.89 bits per heavy atom. The highest BCUT2D eigenvalue weighted by atomic mass is 19.1. The Morgan fingerprint density at radius 1 is 1.08 bits per heavy atom. The number of anilines is 1. The molecule has 0 saturated carbocycles. The van der Waals surface area contributed by atoms with Crippen LogP contribution in [0.5, 0.6) is 17.2 Å². The molecule has 3 aromatic carbocycles. The number of esters is 1. The third kappa shape index (κ3) is 4.39. The Labute approximate surface area is 207 Å². The first-order valence-electron chi connectivity index (χ1n) is 11.4. The van der Waals surface area contributed by atoms with Crippen LogP contribution in [0.4, 0.5) is 10.4 Å². The molecule has 0 N–H and O–H groups in total. The maximum Gasteiger partial charge on any atom is 0.329 e. The van der Waals surface area contributed by atoms with Crippen LogP contribution in [0, 0.1) is 5.82 Å². The molecule has 9 heteroatoms. The molecule has 4 aromatic rings. The summed E-state index contributed by atoms with van der Waals surface area (Å²) >= 11 is 0. The minimum atomic E-state index is -0.726. The van der Waals surface area contributed by atoms with E-state index in [1.54, 1.807) is 25.2 Å². The topological polar surface area (TPSA) is 83.3 Å². The number of hydrogen-bond donors (Lipinski definition) is 0. The standard InChI is InChI=1S/C27H25FN2O6/c1-32-19-8-4-16(5-9-19)15-35-25-20-13-22(26(31)34-3)30(14-17(20)6-11-23(25)33-2)27-29-21-10-7-18(28)12-24(21)36-27/h4-12,22H,13-15H2,1-3H3/t22-/m0/s1. The molecule has 0 spiro atoms. The van der Waals surface area contributed by atoms with Crippen molar-refractivity contribution in [2.45, 2.75) is 25.6 Å². The van der Waals surface area contributed by atoms with Crippen molar-refractivity contribution in [2.24, 2.45) is 0 Å². The van der Waals surface area contributed by atoms with Gasteiger partial charge in [-0.1, -0.05) is 18.2 Å². The molecule has 1 aliphatic heterocycles. The van der Waals surface area contributed by atoms with Gasteiger partial charge in [-0.2, -0.15) is 4.98 Å². The lowest BCUT2D eigenvalue weighted by atomic mass is 9.92. The lowest BCUT2D eigenvalue weighted by Crippen LogP contribution is -2.46. The van der Waals surface area contributed by atoms with Gasteiger partial charge < -0.3 is 28.3 Å². The van der Waals surface area contributed by atoms with Gasteiger partial charge in [-0.3, -0.25) is 0 Å². The molecule has 0 aliphatic carbocycles. The van der Waals surface area contributed by atoms with Crippen LogP contribution in [-0.4, -0.2) is 38.3 Å². The molecule has 0 bridgehead atoms. The second-order valence-corrected chi connectivity index (χ2v) is 8.35. The number of carbonyl (C=O) groups is 1. The fourth-order valence-corrected chi connectivity index (χ4v) is 4.37. The number of rotatable bonds is 7. The van der Waals surface area contributed by atoms with E-state index in [1.165, 1.54) is 19.2 Å². The Balaban J connectivity index is 1.50. The van der Waals surface area contributed by atoms with Crippen LogP contribution in [-0.2, 0) is 29.1 Å². The van der Waals surface area contributed by atoms with E-state index in [9.17, 15) is 9.18 Å². The summed E-state index contributed by atoms with van der Waals surface area (Å²) in [5.74, 6) is 1.02. The largest absolute Gasteiger partial charge is 0.497 e. The van der Waals surface area contributed by atoms with Crippen LogP contribution < -0.4 is 19.1 Å². The average Bonchev–Trinajstić information content (AvgIpc) is 3.33. The van der Waals surface area contributed by atoms with Gasteiger partial charge in [-0.05, 0) is 41.5 Å². The van der Waals surface area contributed by atoms with Crippen molar-refractivity contribution in [1.82, 2.24) is 4.98 Å². The second kappa shape index (κ2) is 9.77. The zero-order chi connectivity index (χ0) is 25.2. The average molecular weight is 493 g/mol. The molecule has 0 saturated heterocycles. The molecule has 186 valence electrons. The molecule has 5 rings (SSSR count). The van der Waals surface area contributed by atoms with E-state index in [0.29, 0.717) is 35.8 Å². The van der Waals surface area contributed by atoms with E-state index in [1.807, 2.05) is 36.4 Å². The smallest absolute Gasteiger partial charge is 0.329 e. The number of ether oxygens (including phenoxy) is 4. The highest BCUT2D eigenvalue weighted by Gasteiger charge is 2.37. The van der Waals surface area contributed by atoms with E-state index >= 15 is 0 Å². The summed E-state index contributed by atoms with van der Waals surface area (Å²) in [7, 11) is 4.53. The van der Waals surface area contributed by atoms with E-state index in [0.717, 1.165) is 22.4 Å². The maximum absolute atomic E-state index is 13.7. The number of methoxy groups -OCH3 is 3. The quantitative estimate of drug-likeness (QED) is 0.344. The molecule has 8 nitrogen and oxygen atoms in total. The molecule has 2 heterocycles. The highest BCUT2D eigenvalue weighted by Crippen LogP contribution is 2.40. The van der Waals surface area contributed by atoms with Crippen LogP contribution in [0.3, 0.4) is 0 Å². The Hall–Kier alpha value is -4.27. The molecule has 0 radical (unpaired) electrons. The molecule has 1 aromatic heterocycles. The van der Waals surface area contributed by atoms with Crippen molar-refractivity contribution >= 4 is 23.1 Å². The fraction of sp³-hybridized carbons (Fsp3) is 0.259. The SMILES string of the molecule is COC(=O)[C@@H]1Cc2c(ccc(OC)c2OCc2ccc(OC)cc2)CN1c1nc2ccc(F)cc2o1. The van der Waals surface area contributed by atoms with Crippen molar-refractivity contribution < 1.29 is 32.5 Å². The number of aromatic nitrogens is 1. The van der Waals surface area contributed by atoms with Crippen molar-refractivity contribution in [3.63, 3.8) is 0 Å². The van der Waals surface area contributed by atoms with Crippen molar-refractivity contribution in [3.8, 4) is 17.2 Å². The number of fused-ring (bicyclic) bond motifs is 2. The number of benzene rings is 3. The summed E-state index contributed by atoms with van der Waals surface area (Å²) in [5.41, 5.74) is 3.53. The predicted octanol–water partition coefficient (Wildman–Crippen LogP) is 4.67. The van der Waals surface area contributed by atoms with Crippen molar-refractivity contribution in [2.75, 3.05) is 26.2 Å².